The second-order valence-electron chi connectivity index (χ2n) is 3.91. The first-order valence-corrected chi connectivity index (χ1v) is 5.90. The van der Waals surface area contributed by atoms with Crippen LogP contribution in [-0.4, -0.2) is 25.2 Å². The summed E-state index contributed by atoms with van der Waals surface area (Å²) in [7, 11) is 2.77. The van der Waals surface area contributed by atoms with Gasteiger partial charge >= 0.3 is 5.97 Å². The lowest BCUT2D eigenvalue weighted by Gasteiger charge is -2.08. The maximum atomic E-state index is 12.1. The van der Waals surface area contributed by atoms with E-state index in [0.717, 1.165) is 0 Å². The quantitative estimate of drug-likeness (QED) is 0.873. The molecule has 0 atom stereocenters. The van der Waals surface area contributed by atoms with Crippen LogP contribution in [0.15, 0.2) is 23.0 Å². The van der Waals surface area contributed by atoms with Crippen LogP contribution >= 0.6 is 11.6 Å². The minimum Gasteiger partial charge on any atom is -0.496 e. The molecule has 0 amide bonds. The van der Waals surface area contributed by atoms with Crippen LogP contribution in [-0.2, 0) is 16.0 Å². The molecule has 1 aromatic heterocycles. The summed E-state index contributed by atoms with van der Waals surface area (Å²) in [5, 5.41) is 0.753. The van der Waals surface area contributed by atoms with E-state index in [1.807, 2.05) is 0 Å². The fourth-order valence-corrected chi connectivity index (χ4v) is 2.05. The third-order valence-electron chi connectivity index (χ3n) is 2.74. The molecule has 0 radical (unpaired) electrons. The summed E-state index contributed by atoms with van der Waals surface area (Å²) < 4.78 is 9.70. The zero-order valence-electron chi connectivity index (χ0n) is 10.5. The Morgan fingerprint density at radius 1 is 1.37 bits per heavy atom. The Morgan fingerprint density at radius 3 is 2.74 bits per heavy atom. The molecule has 0 aliphatic heterocycles. The van der Waals surface area contributed by atoms with E-state index < -0.39 is 5.97 Å². The van der Waals surface area contributed by atoms with Crippen molar-refractivity contribution in [3.05, 3.63) is 39.1 Å². The molecule has 0 aliphatic carbocycles. The van der Waals surface area contributed by atoms with Crippen LogP contribution in [0, 0.1) is 0 Å². The molecule has 6 heteroatoms. The Bertz CT molecular complexity index is 693. The number of aromatic amines is 1. The highest BCUT2D eigenvalue weighted by Crippen LogP contribution is 2.27. The zero-order chi connectivity index (χ0) is 14.0. The number of benzene rings is 1. The summed E-state index contributed by atoms with van der Waals surface area (Å²) in [4.78, 5) is 26.3. The van der Waals surface area contributed by atoms with Gasteiger partial charge in [0.2, 0.25) is 0 Å². The van der Waals surface area contributed by atoms with E-state index in [0.29, 0.717) is 27.4 Å². The Labute approximate surface area is 114 Å². The van der Waals surface area contributed by atoms with E-state index >= 15 is 0 Å². The number of fused-ring (bicyclic) bond motifs is 1. The smallest absolute Gasteiger partial charge is 0.311 e. The number of methoxy groups -OCH3 is 2. The summed E-state index contributed by atoms with van der Waals surface area (Å²) in [6, 6.07) is 4.60. The zero-order valence-corrected chi connectivity index (χ0v) is 11.2. The average Bonchev–Trinajstić information content (AvgIpc) is 2.40. The molecule has 1 heterocycles. The number of aromatic nitrogens is 1. The Hall–Kier alpha value is -2.01. The number of rotatable bonds is 3. The van der Waals surface area contributed by atoms with Gasteiger partial charge < -0.3 is 14.5 Å². The highest BCUT2D eigenvalue weighted by Gasteiger charge is 2.12. The number of pyridine rings is 1. The molecule has 2 aromatic rings. The van der Waals surface area contributed by atoms with Gasteiger partial charge in [0, 0.05) is 11.8 Å². The summed E-state index contributed by atoms with van der Waals surface area (Å²) in [6.07, 6.45) is -0.0186. The fourth-order valence-electron chi connectivity index (χ4n) is 1.85. The van der Waals surface area contributed by atoms with Gasteiger partial charge in [-0.05, 0) is 12.1 Å². The molecule has 0 unspecified atom stereocenters. The molecule has 2 rings (SSSR count). The van der Waals surface area contributed by atoms with Gasteiger partial charge in [0.05, 0.1) is 36.6 Å². The van der Waals surface area contributed by atoms with Crippen LogP contribution in [0.2, 0.25) is 5.02 Å². The molecule has 0 bridgehead atoms. The van der Waals surface area contributed by atoms with E-state index in [1.165, 1.54) is 20.3 Å². The van der Waals surface area contributed by atoms with Gasteiger partial charge in [0.1, 0.15) is 5.75 Å². The Morgan fingerprint density at radius 2 is 2.11 bits per heavy atom. The Kier molecular flexibility index (Phi) is 3.76. The number of halogens is 1. The van der Waals surface area contributed by atoms with Crippen molar-refractivity contribution < 1.29 is 14.3 Å². The number of nitrogens with one attached hydrogen (secondary N) is 1. The topological polar surface area (TPSA) is 68.4 Å². The van der Waals surface area contributed by atoms with Crippen LogP contribution in [0.5, 0.6) is 5.75 Å². The van der Waals surface area contributed by atoms with Gasteiger partial charge in [-0.15, -0.1) is 0 Å². The normalized spacial score (nSPS) is 10.5. The van der Waals surface area contributed by atoms with Gasteiger partial charge in [0.15, 0.2) is 5.43 Å². The van der Waals surface area contributed by atoms with Gasteiger partial charge in [-0.3, -0.25) is 9.59 Å². The number of hydrogen-bond acceptors (Lipinski definition) is 4. The van der Waals surface area contributed by atoms with E-state index in [9.17, 15) is 9.59 Å². The number of ether oxygens (including phenoxy) is 2. The number of carbonyl (C=O) groups is 1. The molecule has 100 valence electrons. The van der Waals surface area contributed by atoms with Crippen LogP contribution in [0.1, 0.15) is 5.69 Å². The number of hydrogen-bond donors (Lipinski definition) is 1. The van der Waals surface area contributed by atoms with Crippen LogP contribution in [0.3, 0.4) is 0 Å². The van der Waals surface area contributed by atoms with Crippen molar-refractivity contribution in [3.63, 3.8) is 0 Å². The predicted octanol–water partition coefficient (Wildman–Crippen LogP) is 1.91. The number of H-pyrrole nitrogens is 1. The molecular weight excluding hydrogens is 270 g/mol. The lowest BCUT2D eigenvalue weighted by molar-refractivity contribution is -0.139. The lowest BCUT2D eigenvalue weighted by atomic mass is 10.1. The van der Waals surface area contributed by atoms with Crippen molar-refractivity contribution in [2.24, 2.45) is 0 Å². The second kappa shape index (κ2) is 5.32. The van der Waals surface area contributed by atoms with Gasteiger partial charge in [-0.25, -0.2) is 0 Å². The Balaban J connectivity index is 2.66. The first-order valence-electron chi connectivity index (χ1n) is 5.52. The van der Waals surface area contributed by atoms with Gasteiger partial charge in [-0.2, -0.15) is 0 Å². The third kappa shape index (κ3) is 2.56. The molecule has 1 aromatic carbocycles. The van der Waals surface area contributed by atoms with Crippen molar-refractivity contribution >= 4 is 28.5 Å². The van der Waals surface area contributed by atoms with Crippen LogP contribution in [0.4, 0.5) is 0 Å². The highest BCUT2D eigenvalue weighted by molar-refractivity contribution is 6.35. The summed E-state index contributed by atoms with van der Waals surface area (Å²) in [5.74, 6) is -0.000661. The van der Waals surface area contributed by atoms with E-state index in [-0.39, 0.29) is 11.8 Å². The van der Waals surface area contributed by atoms with Crippen molar-refractivity contribution in [1.82, 2.24) is 4.98 Å². The molecule has 0 spiro atoms. The lowest BCUT2D eigenvalue weighted by Crippen LogP contribution is -2.11. The summed E-state index contributed by atoms with van der Waals surface area (Å²) in [5.41, 5.74) is 0.638. The molecule has 5 nitrogen and oxygen atoms in total. The molecule has 1 N–H and O–H groups in total. The first kappa shape index (κ1) is 13.4. The second-order valence-corrected chi connectivity index (χ2v) is 4.32. The van der Waals surface area contributed by atoms with E-state index in [2.05, 4.69) is 9.72 Å². The van der Waals surface area contributed by atoms with Crippen molar-refractivity contribution in [1.29, 1.82) is 0 Å². The van der Waals surface area contributed by atoms with E-state index in [4.69, 9.17) is 16.3 Å². The summed E-state index contributed by atoms with van der Waals surface area (Å²) in [6.45, 7) is 0. The molecular formula is C13H12ClNO4. The van der Waals surface area contributed by atoms with Crippen LogP contribution in [0.25, 0.3) is 10.9 Å². The van der Waals surface area contributed by atoms with Crippen molar-refractivity contribution in [2.75, 3.05) is 14.2 Å². The molecule has 19 heavy (non-hydrogen) atoms. The minimum atomic E-state index is -0.436. The number of esters is 1. The minimum absolute atomic E-state index is 0.0186. The maximum absolute atomic E-state index is 12.1. The monoisotopic (exact) mass is 281 g/mol. The fraction of sp³-hybridized carbons (Fsp3) is 0.231. The maximum Gasteiger partial charge on any atom is 0.311 e. The molecule has 0 aliphatic rings. The van der Waals surface area contributed by atoms with Crippen molar-refractivity contribution in [2.45, 2.75) is 6.42 Å². The van der Waals surface area contributed by atoms with Gasteiger partial charge in [-0.1, -0.05) is 11.6 Å². The van der Waals surface area contributed by atoms with Crippen LogP contribution < -0.4 is 10.2 Å². The highest BCUT2D eigenvalue weighted by atomic mass is 35.5. The number of carbonyl (C=O) groups excluding carboxylic acids is 1. The van der Waals surface area contributed by atoms with Gasteiger partial charge in [0.25, 0.3) is 0 Å². The standard InChI is InChI=1S/C13H12ClNO4/c1-18-10-4-3-8(14)13-12(10)9(16)5-7(15-13)6-11(17)19-2/h3-5H,6H2,1-2H3,(H,15,16). The third-order valence-corrected chi connectivity index (χ3v) is 3.05. The van der Waals surface area contributed by atoms with Crippen molar-refractivity contribution in [3.8, 4) is 5.75 Å². The molecule has 0 saturated carbocycles. The molecule has 0 fully saturated rings. The predicted molar refractivity (Wildman–Crippen MR) is 71.9 cm³/mol. The largest absolute Gasteiger partial charge is 0.496 e. The first-order chi connectivity index (χ1) is 9.06. The van der Waals surface area contributed by atoms with E-state index in [1.54, 1.807) is 12.1 Å². The average molecular weight is 282 g/mol. The molecule has 0 saturated heterocycles. The summed E-state index contributed by atoms with van der Waals surface area (Å²) >= 11 is 6.06. The SMILES string of the molecule is COC(=O)Cc1cc(=O)c2c(OC)ccc(Cl)c2[nH]1.